The fraction of sp³-hybridized carbons (Fsp3) is 0.611. The minimum absolute atomic E-state index is 0.690. The topological polar surface area (TPSA) is 29.9 Å². The van der Waals surface area contributed by atoms with Crippen molar-refractivity contribution in [1.29, 1.82) is 0 Å². The molecule has 0 aliphatic heterocycles. The van der Waals surface area contributed by atoms with Crippen LogP contribution < -0.4 is 5.32 Å². The molecule has 0 radical (unpaired) electrons. The molecule has 0 spiro atoms. The van der Waals surface area contributed by atoms with Gasteiger partial charge in [-0.2, -0.15) is 0 Å². The Kier molecular flexibility index (Phi) is 4.59. The van der Waals surface area contributed by atoms with Gasteiger partial charge in [-0.3, -0.25) is 0 Å². The fourth-order valence-electron chi connectivity index (χ4n) is 3.75. The summed E-state index contributed by atoms with van der Waals surface area (Å²) >= 11 is 0. The van der Waals surface area contributed by atoms with Gasteiger partial charge in [-0.15, -0.1) is 0 Å². The third kappa shape index (κ3) is 2.98. The second-order valence-electron chi connectivity index (χ2n) is 6.22. The molecule has 3 rings (SSSR count). The molecule has 3 heteroatoms. The number of aromatic nitrogens is 2. The predicted octanol–water partition coefficient (Wildman–Crippen LogP) is 3.77. The van der Waals surface area contributed by atoms with E-state index in [1.807, 2.05) is 0 Å². The van der Waals surface area contributed by atoms with E-state index in [4.69, 9.17) is 4.98 Å². The molecule has 114 valence electrons. The van der Waals surface area contributed by atoms with E-state index in [-0.39, 0.29) is 0 Å². The molecule has 1 aliphatic carbocycles. The van der Waals surface area contributed by atoms with Crippen molar-refractivity contribution in [3.63, 3.8) is 0 Å². The Morgan fingerprint density at radius 2 is 2.10 bits per heavy atom. The van der Waals surface area contributed by atoms with E-state index < -0.39 is 0 Å². The molecule has 0 amide bonds. The largest absolute Gasteiger partial charge is 0.328 e. The number of aryl methyl sites for hydroxylation is 1. The molecular formula is C18H27N3. The van der Waals surface area contributed by atoms with Crippen LogP contribution >= 0.6 is 0 Å². The van der Waals surface area contributed by atoms with E-state index in [9.17, 15) is 0 Å². The number of rotatable bonds is 6. The number of fused-ring (bicyclic) bond motifs is 1. The summed E-state index contributed by atoms with van der Waals surface area (Å²) in [6.45, 7) is 6.62. The van der Waals surface area contributed by atoms with E-state index in [1.165, 1.54) is 37.0 Å². The zero-order chi connectivity index (χ0) is 14.7. The molecule has 1 aromatic carbocycles. The van der Waals surface area contributed by atoms with Gasteiger partial charge in [0.15, 0.2) is 0 Å². The molecular weight excluding hydrogens is 258 g/mol. The summed E-state index contributed by atoms with van der Waals surface area (Å²) in [5.41, 5.74) is 2.43. The number of hydrogen-bond acceptors (Lipinski definition) is 2. The second-order valence-corrected chi connectivity index (χ2v) is 6.22. The van der Waals surface area contributed by atoms with Gasteiger partial charge in [0, 0.05) is 19.0 Å². The maximum Gasteiger partial charge on any atom is 0.110 e. The molecule has 2 unspecified atom stereocenters. The van der Waals surface area contributed by atoms with Gasteiger partial charge in [-0.05, 0) is 50.8 Å². The number of hydrogen-bond donors (Lipinski definition) is 1. The highest BCUT2D eigenvalue weighted by Gasteiger charge is 2.28. The summed E-state index contributed by atoms with van der Waals surface area (Å²) in [5.74, 6) is 2.02. The van der Waals surface area contributed by atoms with Gasteiger partial charge in [0.25, 0.3) is 0 Å². The highest BCUT2D eigenvalue weighted by molar-refractivity contribution is 5.75. The third-order valence-electron chi connectivity index (χ3n) is 4.81. The highest BCUT2D eigenvalue weighted by Crippen LogP contribution is 2.29. The summed E-state index contributed by atoms with van der Waals surface area (Å²) in [4.78, 5) is 4.90. The molecule has 3 nitrogen and oxygen atoms in total. The molecule has 21 heavy (non-hydrogen) atoms. The van der Waals surface area contributed by atoms with Crippen molar-refractivity contribution in [1.82, 2.24) is 14.9 Å². The average Bonchev–Trinajstić information content (AvgIpc) is 3.09. The highest BCUT2D eigenvalue weighted by atomic mass is 15.1. The monoisotopic (exact) mass is 285 g/mol. The van der Waals surface area contributed by atoms with Crippen molar-refractivity contribution < 1.29 is 0 Å². The van der Waals surface area contributed by atoms with Gasteiger partial charge in [-0.1, -0.05) is 25.5 Å². The normalized spacial score (nSPS) is 22.2. The van der Waals surface area contributed by atoms with Crippen molar-refractivity contribution in [2.45, 2.75) is 58.5 Å². The van der Waals surface area contributed by atoms with Crippen molar-refractivity contribution >= 4 is 11.0 Å². The maximum atomic E-state index is 4.90. The Morgan fingerprint density at radius 1 is 1.24 bits per heavy atom. The summed E-state index contributed by atoms with van der Waals surface area (Å²) < 4.78 is 2.39. The van der Waals surface area contributed by atoms with Crippen molar-refractivity contribution in [2.75, 3.05) is 6.54 Å². The molecule has 0 bridgehead atoms. The Labute approximate surface area is 127 Å². The summed E-state index contributed by atoms with van der Waals surface area (Å²) in [6.07, 6.45) is 6.37. The average molecular weight is 285 g/mol. The number of nitrogens with one attached hydrogen (secondary N) is 1. The minimum atomic E-state index is 0.690. The lowest BCUT2D eigenvalue weighted by Gasteiger charge is -2.21. The van der Waals surface area contributed by atoms with Crippen molar-refractivity contribution in [3.05, 3.63) is 30.1 Å². The van der Waals surface area contributed by atoms with Gasteiger partial charge in [0.2, 0.25) is 0 Å². The summed E-state index contributed by atoms with van der Waals surface area (Å²) in [5, 5.41) is 3.74. The van der Waals surface area contributed by atoms with Gasteiger partial charge in [0.1, 0.15) is 5.82 Å². The van der Waals surface area contributed by atoms with E-state index >= 15 is 0 Å². The smallest absolute Gasteiger partial charge is 0.110 e. The van der Waals surface area contributed by atoms with Crippen molar-refractivity contribution in [3.8, 4) is 0 Å². The number of nitrogens with zero attached hydrogens (tertiary/aromatic N) is 2. The Hall–Kier alpha value is -1.35. The Balaban J connectivity index is 1.80. The van der Waals surface area contributed by atoms with E-state index in [0.29, 0.717) is 6.04 Å². The zero-order valence-corrected chi connectivity index (χ0v) is 13.3. The van der Waals surface area contributed by atoms with Crippen LogP contribution in [-0.2, 0) is 13.0 Å². The third-order valence-corrected chi connectivity index (χ3v) is 4.81. The molecule has 1 aromatic heterocycles. The molecule has 0 saturated heterocycles. The first-order chi connectivity index (χ1) is 10.3. The lowest BCUT2D eigenvalue weighted by Crippen LogP contribution is -2.34. The molecule has 1 aliphatic rings. The van der Waals surface area contributed by atoms with Crippen LogP contribution in [0.15, 0.2) is 24.3 Å². The zero-order valence-electron chi connectivity index (χ0n) is 13.3. The van der Waals surface area contributed by atoms with Crippen molar-refractivity contribution in [2.24, 2.45) is 5.92 Å². The van der Waals surface area contributed by atoms with Crippen LogP contribution in [0.1, 0.15) is 45.4 Å². The summed E-state index contributed by atoms with van der Waals surface area (Å²) in [7, 11) is 0. The molecule has 1 saturated carbocycles. The molecule has 1 fully saturated rings. The SMILES string of the molecule is CCCNC1CCCC1Cc1nc2ccccc2n1CC. The lowest BCUT2D eigenvalue weighted by molar-refractivity contribution is 0.389. The van der Waals surface area contributed by atoms with Crippen LogP contribution in [0.25, 0.3) is 11.0 Å². The standard InChI is InChI=1S/C18H27N3/c1-3-12-19-15-10-7-8-14(15)13-18-20-16-9-5-6-11-17(16)21(18)4-2/h5-6,9,11,14-15,19H,3-4,7-8,10,12-13H2,1-2H3. The first kappa shape index (κ1) is 14.6. The van der Waals surface area contributed by atoms with E-state index in [0.717, 1.165) is 30.9 Å². The first-order valence-electron chi connectivity index (χ1n) is 8.51. The Bertz CT molecular complexity index is 587. The molecule has 1 heterocycles. The lowest BCUT2D eigenvalue weighted by atomic mass is 9.99. The minimum Gasteiger partial charge on any atom is -0.328 e. The van der Waals surface area contributed by atoms with E-state index in [1.54, 1.807) is 0 Å². The van der Waals surface area contributed by atoms with E-state index in [2.05, 4.69) is 48.0 Å². The van der Waals surface area contributed by atoms with Gasteiger partial charge in [-0.25, -0.2) is 4.98 Å². The molecule has 1 N–H and O–H groups in total. The van der Waals surface area contributed by atoms with Crippen LogP contribution in [0.4, 0.5) is 0 Å². The van der Waals surface area contributed by atoms with Crippen LogP contribution in [0.5, 0.6) is 0 Å². The van der Waals surface area contributed by atoms with Crippen LogP contribution in [0.3, 0.4) is 0 Å². The number of benzene rings is 1. The number of para-hydroxylation sites is 2. The predicted molar refractivity (Wildman–Crippen MR) is 88.5 cm³/mol. The van der Waals surface area contributed by atoms with Gasteiger partial charge in [0.05, 0.1) is 11.0 Å². The molecule has 2 atom stereocenters. The quantitative estimate of drug-likeness (QED) is 0.875. The summed E-state index contributed by atoms with van der Waals surface area (Å²) in [6, 6.07) is 9.21. The first-order valence-corrected chi connectivity index (χ1v) is 8.51. The van der Waals surface area contributed by atoms with Gasteiger partial charge >= 0.3 is 0 Å². The van der Waals surface area contributed by atoms with Crippen LogP contribution in [0, 0.1) is 5.92 Å². The fourth-order valence-corrected chi connectivity index (χ4v) is 3.75. The maximum absolute atomic E-state index is 4.90. The molecule has 2 aromatic rings. The van der Waals surface area contributed by atoms with Crippen LogP contribution in [-0.4, -0.2) is 22.1 Å². The van der Waals surface area contributed by atoms with Crippen LogP contribution in [0.2, 0.25) is 0 Å². The van der Waals surface area contributed by atoms with Gasteiger partial charge < -0.3 is 9.88 Å². The number of imidazole rings is 1. The second kappa shape index (κ2) is 6.61. The Morgan fingerprint density at radius 3 is 2.90 bits per heavy atom.